The fraction of sp³-hybridized carbons (Fsp3) is 0.812. The Kier molecular flexibility index (Phi) is 7.55. The van der Waals surface area contributed by atoms with E-state index in [1.54, 1.807) is 4.90 Å². The molecule has 1 aromatic heterocycles. The van der Waals surface area contributed by atoms with Gasteiger partial charge in [-0.25, -0.2) is 25.9 Å². The predicted octanol–water partition coefficient (Wildman–Crippen LogP) is -0.223. The summed E-state index contributed by atoms with van der Waals surface area (Å²) in [5.41, 5.74) is 0. The van der Waals surface area contributed by atoms with Crippen LogP contribution in [0.1, 0.15) is 19.3 Å². The second-order valence-corrected chi connectivity index (χ2v) is 11.8. The smallest absolute Gasteiger partial charge is 0.422 e. The SMILES string of the molecule is CS(=O)(=O)NC1CCN(c2nc(NC3CCN(S(C)(=O)=O)CC3)nc(OCC(F)(F)F)n2)C1. The Morgan fingerprint density at radius 1 is 1.00 bits per heavy atom. The monoisotopic (exact) mass is 517 g/mol. The van der Waals surface area contributed by atoms with Gasteiger partial charge in [0.2, 0.25) is 31.9 Å². The first kappa shape index (κ1) is 25.6. The summed E-state index contributed by atoms with van der Waals surface area (Å²) in [4.78, 5) is 13.8. The van der Waals surface area contributed by atoms with Gasteiger partial charge in [0.25, 0.3) is 0 Å². The van der Waals surface area contributed by atoms with Crippen molar-refractivity contribution >= 4 is 31.9 Å². The molecule has 1 atom stereocenters. The second kappa shape index (κ2) is 9.71. The molecule has 33 heavy (non-hydrogen) atoms. The topological polar surface area (TPSA) is 147 Å². The van der Waals surface area contributed by atoms with Crippen LogP contribution in [0.4, 0.5) is 25.1 Å². The fourth-order valence-electron chi connectivity index (χ4n) is 3.62. The van der Waals surface area contributed by atoms with E-state index in [4.69, 9.17) is 4.74 Å². The average Bonchev–Trinajstić information content (AvgIpc) is 3.12. The molecule has 2 aliphatic heterocycles. The highest BCUT2D eigenvalue weighted by Crippen LogP contribution is 2.24. The molecular formula is C16H26F3N7O5S2. The highest BCUT2D eigenvalue weighted by Gasteiger charge is 2.31. The first-order valence-electron chi connectivity index (χ1n) is 10.1. The van der Waals surface area contributed by atoms with Crippen molar-refractivity contribution in [1.29, 1.82) is 0 Å². The number of nitrogens with zero attached hydrogens (tertiary/aromatic N) is 5. The maximum absolute atomic E-state index is 12.6. The number of halogens is 3. The van der Waals surface area contributed by atoms with Crippen molar-refractivity contribution in [3.05, 3.63) is 0 Å². The molecule has 0 aliphatic carbocycles. The molecule has 2 N–H and O–H groups in total. The summed E-state index contributed by atoms with van der Waals surface area (Å²) in [5, 5.41) is 3.02. The Morgan fingerprint density at radius 2 is 1.64 bits per heavy atom. The minimum absolute atomic E-state index is 0.00509. The molecular weight excluding hydrogens is 491 g/mol. The Labute approximate surface area is 190 Å². The number of ether oxygens (including phenoxy) is 1. The van der Waals surface area contributed by atoms with Crippen LogP contribution in [-0.2, 0) is 20.0 Å². The van der Waals surface area contributed by atoms with E-state index in [0.717, 1.165) is 12.5 Å². The van der Waals surface area contributed by atoms with Gasteiger partial charge in [0.05, 0.1) is 12.5 Å². The number of hydrogen-bond donors (Lipinski definition) is 2. The van der Waals surface area contributed by atoms with Gasteiger partial charge < -0.3 is 15.0 Å². The maximum Gasteiger partial charge on any atom is 0.422 e. The van der Waals surface area contributed by atoms with Gasteiger partial charge in [-0.05, 0) is 19.3 Å². The van der Waals surface area contributed by atoms with Crippen molar-refractivity contribution in [2.24, 2.45) is 0 Å². The summed E-state index contributed by atoms with van der Waals surface area (Å²) in [6, 6.07) is -1.12. The van der Waals surface area contributed by atoms with Crippen molar-refractivity contribution in [3.63, 3.8) is 0 Å². The van der Waals surface area contributed by atoms with E-state index in [-0.39, 0.29) is 37.6 Å². The summed E-state index contributed by atoms with van der Waals surface area (Å²) in [6.45, 7) is -0.404. The van der Waals surface area contributed by atoms with Gasteiger partial charge >= 0.3 is 12.2 Å². The van der Waals surface area contributed by atoms with Crippen LogP contribution in [0, 0.1) is 0 Å². The zero-order valence-electron chi connectivity index (χ0n) is 18.0. The van der Waals surface area contributed by atoms with E-state index in [0.29, 0.717) is 25.8 Å². The third-order valence-electron chi connectivity index (χ3n) is 5.08. The van der Waals surface area contributed by atoms with E-state index in [1.165, 1.54) is 4.31 Å². The van der Waals surface area contributed by atoms with Crippen LogP contribution in [0.15, 0.2) is 0 Å². The summed E-state index contributed by atoms with van der Waals surface area (Å²) in [6.07, 6.45) is -1.04. The molecule has 2 aliphatic rings. The molecule has 1 aromatic rings. The number of piperidine rings is 1. The lowest BCUT2D eigenvalue weighted by Crippen LogP contribution is -2.42. The normalized spacial score (nSPS) is 21.4. The van der Waals surface area contributed by atoms with E-state index in [9.17, 15) is 30.0 Å². The first-order valence-corrected chi connectivity index (χ1v) is 13.8. The molecule has 0 amide bonds. The number of aromatic nitrogens is 3. The molecule has 188 valence electrons. The Balaban J connectivity index is 1.74. The molecule has 0 bridgehead atoms. The van der Waals surface area contributed by atoms with E-state index >= 15 is 0 Å². The summed E-state index contributed by atoms with van der Waals surface area (Å²) >= 11 is 0. The third-order valence-corrected chi connectivity index (χ3v) is 7.14. The highest BCUT2D eigenvalue weighted by atomic mass is 32.2. The quantitative estimate of drug-likeness (QED) is 0.474. The summed E-state index contributed by atoms with van der Waals surface area (Å²) < 4.78 is 92.7. The van der Waals surface area contributed by atoms with Gasteiger partial charge in [-0.3, -0.25) is 0 Å². The Hall–Kier alpha value is -1.98. The molecule has 2 saturated heterocycles. The number of anilines is 2. The minimum atomic E-state index is -4.59. The zero-order valence-corrected chi connectivity index (χ0v) is 19.7. The number of hydrogen-bond acceptors (Lipinski definition) is 10. The Bertz CT molecular complexity index is 1050. The first-order chi connectivity index (χ1) is 15.2. The van der Waals surface area contributed by atoms with Crippen molar-refractivity contribution < 1.29 is 34.7 Å². The standard InChI is InChI=1S/C16H26F3N7O5S2/c1-32(27,28)24-12-3-6-25(9-12)14-21-13(22-15(23-14)31-10-16(17,18)19)20-11-4-7-26(8-5-11)33(2,29)30/h11-12,24H,3-10H2,1-2H3,(H,20,21,22,23). The van der Waals surface area contributed by atoms with Crippen LogP contribution in [0.2, 0.25) is 0 Å². The molecule has 2 fully saturated rings. The fourth-order valence-corrected chi connectivity index (χ4v) is 5.29. The van der Waals surface area contributed by atoms with Gasteiger partial charge in [-0.1, -0.05) is 0 Å². The molecule has 3 rings (SSSR count). The van der Waals surface area contributed by atoms with Crippen LogP contribution >= 0.6 is 0 Å². The van der Waals surface area contributed by atoms with Gasteiger partial charge in [-0.2, -0.15) is 28.1 Å². The van der Waals surface area contributed by atoms with Crippen molar-refractivity contribution in [1.82, 2.24) is 24.0 Å². The van der Waals surface area contributed by atoms with Crippen LogP contribution in [0.3, 0.4) is 0 Å². The van der Waals surface area contributed by atoms with Gasteiger partial charge in [-0.15, -0.1) is 0 Å². The highest BCUT2D eigenvalue weighted by molar-refractivity contribution is 7.88. The van der Waals surface area contributed by atoms with Crippen LogP contribution in [-0.4, -0.2) is 99.7 Å². The van der Waals surface area contributed by atoms with E-state index in [2.05, 4.69) is 25.0 Å². The minimum Gasteiger partial charge on any atom is -0.454 e. The number of rotatable bonds is 8. The van der Waals surface area contributed by atoms with Gasteiger partial charge in [0, 0.05) is 38.3 Å². The largest absolute Gasteiger partial charge is 0.454 e. The lowest BCUT2D eigenvalue weighted by molar-refractivity contribution is -0.154. The molecule has 1 unspecified atom stereocenters. The van der Waals surface area contributed by atoms with Crippen LogP contribution in [0.5, 0.6) is 6.01 Å². The van der Waals surface area contributed by atoms with E-state index in [1.807, 2.05) is 0 Å². The second-order valence-electron chi connectivity index (χ2n) is 8.05. The predicted molar refractivity (Wildman–Crippen MR) is 113 cm³/mol. The number of nitrogens with one attached hydrogen (secondary N) is 2. The van der Waals surface area contributed by atoms with Crippen molar-refractivity contribution in [2.45, 2.75) is 37.5 Å². The molecule has 0 saturated carbocycles. The zero-order chi connectivity index (χ0) is 24.4. The van der Waals surface area contributed by atoms with Gasteiger partial charge in [0.1, 0.15) is 0 Å². The van der Waals surface area contributed by atoms with Crippen LogP contribution < -0.4 is 19.7 Å². The molecule has 3 heterocycles. The van der Waals surface area contributed by atoms with Gasteiger partial charge in [0.15, 0.2) is 6.61 Å². The number of alkyl halides is 3. The molecule has 12 nitrogen and oxygen atoms in total. The Morgan fingerprint density at radius 3 is 2.21 bits per heavy atom. The maximum atomic E-state index is 12.6. The van der Waals surface area contributed by atoms with Crippen LogP contribution in [0.25, 0.3) is 0 Å². The lowest BCUT2D eigenvalue weighted by atomic mass is 10.1. The van der Waals surface area contributed by atoms with E-state index < -0.39 is 44.9 Å². The summed E-state index contributed by atoms with van der Waals surface area (Å²) in [5.74, 6) is 0.0468. The molecule has 0 aromatic carbocycles. The molecule has 0 spiro atoms. The summed E-state index contributed by atoms with van der Waals surface area (Å²) in [7, 11) is -6.73. The third kappa shape index (κ3) is 8.08. The molecule has 0 radical (unpaired) electrons. The van der Waals surface area contributed by atoms with Crippen molar-refractivity contribution in [3.8, 4) is 6.01 Å². The van der Waals surface area contributed by atoms with Crippen molar-refractivity contribution in [2.75, 3.05) is 55.5 Å². The number of sulfonamides is 2. The molecule has 17 heteroatoms. The lowest BCUT2D eigenvalue weighted by Gasteiger charge is -2.30. The average molecular weight is 518 g/mol.